The maximum atomic E-state index is 10.7. The van der Waals surface area contributed by atoms with Crippen LogP contribution in [0.3, 0.4) is 0 Å². The Morgan fingerprint density at radius 3 is 2.53 bits per heavy atom. The Morgan fingerprint density at radius 2 is 2.07 bits per heavy atom. The summed E-state index contributed by atoms with van der Waals surface area (Å²) in [5, 5.41) is 8.70. The number of nitrogens with two attached hydrogens (primary N) is 1. The minimum Gasteiger partial charge on any atom is -0.476 e. The number of aromatic nitrogens is 2. The fourth-order valence-corrected chi connectivity index (χ4v) is 1.31. The van der Waals surface area contributed by atoms with Crippen LogP contribution in [0.5, 0.6) is 0 Å². The molecule has 1 aliphatic rings. The summed E-state index contributed by atoms with van der Waals surface area (Å²) in [6.07, 6.45) is 1.97. The normalized spacial score (nSPS) is 14.5. The Morgan fingerprint density at radius 1 is 1.47 bits per heavy atom. The van der Waals surface area contributed by atoms with Crippen LogP contribution in [-0.4, -0.2) is 50.6 Å². The fraction of sp³-hybridized carbons (Fsp3) is 0.375. The topological polar surface area (TPSA) is 89.1 Å². The first-order valence-corrected chi connectivity index (χ1v) is 4.53. The Hall–Kier alpha value is -0.360. The SMILES string of the molecule is Nc1nc(C2CC2)nc(C(=O)O)c1Cl.[Na]. The molecule has 0 atom stereocenters. The predicted molar refractivity (Wildman–Crippen MR) is 56.1 cm³/mol. The summed E-state index contributed by atoms with van der Waals surface area (Å²) >= 11 is 5.65. The third kappa shape index (κ3) is 2.60. The van der Waals surface area contributed by atoms with Crippen LogP contribution in [0.1, 0.15) is 35.1 Å². The van der Waals surface area contributed by atoms with E-state index in [-0.39, 0.29) is 52.0 Å². The van der Waals surface area contributed by atoms with E-state index in [1.54, 1.807) is 0 Å². The third-order valence-corrected chi connectivity index (χ3v) is 2.41. The average Bonchev–Trinajstić information content (AvgIpc) is 2.91. The van der Waals surface area contributed by atoms with Crippen LogP contribution in [0.25, 0.3) is 0 Å². The van der Waals surface area contributed by atoms with Gasteiger partial charge in [-0.15, -0.1) is 0 Å². The van der Waals surface area contributed by atoms with E-state index in [0.29, 0.717) is 5.82 Å². The molecule has 0 aromatic carbocycles. The molecule has 5 nitrogen and oxygen atoms in total. The van der Waals surface area contributed by atoms with Gasteiger partial charge in [0.05, 0.1) is 0 Å². The van der Waals surface area contributed by atoms with Crippen molar-refractivity contribution in [3.63, 3.8) is 0 Å². The monoisotopic (exact) mass is 236 g/mol. The molecule has 0 unspecified atom stereocenters. The van der Waals surface area contributed by atoms with Crippen molar-refractivity contribution < 1.29 is 9.90 Å². The van der Waals surface area contributed by atoms with Gasteiger partial charge in [0.15, 0.2) is 5.69 Å². The second kappa shape index (κ2) is 4.65. The first-order chi connectivity index (χ1) is 6.59. The summed E-state index contributed by atoms with van der Waals surface area (Å²) in [4.78, 5) is 18.6. The summed E-state index contributed by atoms with van der Waals surface area (Å²) in [6, 6.07) is 0. The number of carbonyl (C=O) groups is 1. The summed E-state index contributed by atoms with van der Waals surface area (Å²) in [7, 11) is 0. The Labute approximate surface area is 113 Å². The van der Waals surface area contributed by atoms with Gasteiger partial charge in [-0.25, -0.2) is 14.8 Å². The molecule has 1 saturated carbocycles. The summed E-state index contributed by atoms with van der Waals surface area (Å²) in [6.45, 7) is 0. The van der Waals surface area contributed by atoms with Crippen molar-refractivity contribution in [2.45, 2.75) is 18.8 Å². The van der Waals surface area contributed by atoms with Crippen molar-refractivity contribution in [1.82, 2.24) is 9.97 Å². The Balaban J connectivity index is 0.00000112. The summed E-state index contributed by atoms with van der Waals surface area (Å²) in [5.74, 6) is -0.385. The zero-order chi connectivity index (χ0) is 10.3. The zero-order valence-electron chi connectivity index (χ0n) is 8.20. The van der Waals surface area contributed by atoms with Crippen molar-refractivity contribution in [3.05, 3.63) is 16.5 Å². The molecule has 0 amide bonds. The van der Waals surface area contributed by atoms with Gasteiger partial charge in [0.2, 0.25) is 0 Å². The maximum Gasteiger partial charge on any atom is 0.356 e. The molecule has 75 valence electrons. The summed E-state index contributed by atoms with van der Waals surface area (Å²) < 4.78 is 0. The molecule has 7 heteroatoms. The van der Waals surface area contributed by atoms with Crippen molar-refractivity contribution in [1.29, 1.82) is 0 Å². The zero-order valence-corrected chi connectivity index (χ0v) is 11.0. The van der Waals surface area contributed by atoms with Crippen LogP contribution in [0, 0.1) is 0 Å². The van der Waals surface area contributed by atoms with Crippen LogP contribution < -0.4 is 5.73 Å². The number of rotatable bonds is 2. The summed E-state index contributed by atoms with van der Waals surface area (Å²) in [5.41, 5.74) is 5.27. The van der Waals surface area contributed by atoms with Crippen molar-refractivity contribution in [2.24, 2.45) is 0 Å². The number of anilines is 1. The minimum atomic E-state index is -1.17. The molecule has 0 spiro atoms. The molecule has 2 rings (SSSR count). The van der Waals surface area contributed by atoms with E-state index >= 15 is 0 Å². The van der Waals surface area contributed by atoms with Gasteiger partial charge >= 0.3 is 5.97 Å². The number of hydrogen-bond donors (Lipinski definition) is 2. The van der Waals surface area contributed by atoms with Gasteiger partial charge in [0, 0.05) is 35.5 Å². The van der Waals surface area contributed by atoms with E-state index in [4.69, 9.17) is 22.4 Å². The number of halogens is 1. The number of nitrogens with zero attached hydrogens (tertiary/aromatic N) is 2. The number of aromatic carboxylic acids is 1. The number of hydrogen-bond acceptors (Lipinski definition) is 4. The quantitative estimate of drug-likeness (QED) is 0.745. The molecule has 1 radical (unpaired) electrons. The largest absolute Gasteiger partial charge is 0.476 e. The van der Waals surface area contributed by atoms with Crippen LogP contribution in [0.2, 0.25) is 5.02 Å². The molecule has 3 N–H and O–H groups in total. The molecule has 0 saturated heterocycles. The van der Waals surface area contributed by atoms with Gasteiger partial charge in [-0.1, -0.05) is 11.6 Å². The molecule has 0 aliphatic heterocycles. The van der Waals surface area contributed by atoms with Gasteiger partial charge in [0.25, 0.3) is 0 Å². The fourth-order valence-electron chi connectivity index (χ4n) is 1.15. The standard InChI is InChI=1S/C8H8ClN3O2.Na/c9-4-5(8(13)14)11-7(3-1-2-3)12-6(4)10;/h3H,1-2H2,(H,13,14)(H2,10,11,12);. The molecular formula is C8H8ClN3NaO2. The van der Waals surface area contributed by atoms with Crippen LogP contribution in [0.15, 0.2) is 0 Å². The van der Waals surface area contributed by atoms with E-state index in [9.17, 15) is 4.79 Å². The van der Waals surface area contributed by atoms with Gasteiger partial charge in [-0.05, 0) is 12.8 Å². The molecule has 1 heterocycles. The first kappa shape index (κ1) is 12.7. The minimum absolute atomic E-state index is 0. The van der Waals surface area contributed by atoms with Crippen molar-refractivity contribution in [2.75, 3.05) is 5.73 Å². The number of carboxylic acid groups (broad SMARTS) is 1. The third-order valence-electron chi connectivity index (χ3n) is 2.04. The molecule has 0 bridgehead atoms. The van der Waals surface area contributed by atoms with Crippen molar-refractivity contribution >= 4 is 52.9 Å². The van der Waals surface area contributed by atoms with E-state index in [0.717, 1.165) is 12.8 Å². The molecule has 15 heavy (non-hydrogen) atoms. The van der Waals surface area contributed by atoms with Gasteiger partial charge in [-0.2, -0.15) is 0 Å². The molecular weight excluding hydrogens is 229 g/mol. The average molecular weight is 237 g/mol. The molecule has 1 fully saturated rings. The number of carboxylic acids is 1. The molecule has 1 aliphatic carbocycles. The van der Waals surface area contributed by atoms with E-state index in [2.05, 4.69) is 9.97 Å². The number of nitrogen functional groups attached to an aromatic ring is 1. The smallest absolute Gasteiger partial charge is 0.356 e. The van der Waals surface area contributed by atoms with Gasteiger partial charge in [-0.3, -0.25) is 0 Å². The second-order valence-corrected chi connectivity index (χ2v) is 3.59. The van der Waals surface area contributed by atoms with Crippen molar-refractivity contribution in [3.8, 4) is 0 Å². The predicted octanol–water partition coefficient (Wildman–Crippen LogP) is 0.907. The molecule has 1 aromatic rings. The van der Waals surface area contributed by atoms with E-state index in [1.165, 1.54) is 0 Å². The second-order valence-electron chi connectivity index (χ2n) is 3.21. The van der Waals surface area contributed by atoms with Crippen LogP contribution in [0.4, 0.5) is 5.82 Å². The van der Waals surface area contributed by atoms with Crippen LogP contribution in [-0.2, 0) is 0 Å². The van der Waals surface area contributed by atoms with E-state index in [1.807, 2.05) is 0 Å². The van der Waals surface area contributed by atoms with Gasteiger partial charge < -0.3 is 10.8 Å². The first-order valence-electron chi connectivity index (χ1n) is 4.15. The Bertz CT molecular complexity index is 409. The van der Waals surface area contributed by atoms with E-state index < -0.39 is 5.97 Å². The van der Waals surface area contributed by atoms with Gasteiger partial charge in [0.1, 0.15) is 16.7 Å². The molecule has 1 aromatic heterocycles. The maximum absolute atomic E-state index is 10.7. The van der Waals surface area contributed by atoms with Crippen LogP contribution >= 0.6 is 11.6 Å². The Kier molecular flexibility index (Phi) is 3.94.